The third kappa shape index (κ3) is 3.14. The summed E-state index contributed by atoms with van der Waals surface area (Å²) in [6, 6.07) is 8.01. The zero-order valence-electron chi connectivity index (χ0n) is 14.0. The van der Waals surface area contributed by atoms with Crippen LogP contribution in [-0.2, 0) is 4.79 Å². The molecule has 1 heterocycles. The average Bonchev–Trinajstić information content (AvgIpc) is 3.18. The third-order valence-corrected chi connectivity index (χ3v) is 5.91. The number of nitrogens with one attached hydrogen (secondary N) is 2. The molecule has 5 heteroatoms. The number of rotatable bonds is 4. The van der Waals surface area contributed by atoms with Crippen LogP contribution >= 0.6 is 12.2 Å². The number of amides is 1. The van der Waals surface area contributed by atoms with Crippen molar-refractivity contribution >= 4 is 34.6 Å². The molecule has 2 N–H and O–H groups in total. The lowest BCUT2D eigenvalue weighted by Crippen LogP contribution is -2.49. The van der Waals surface area contributed by atoms with Crippen LogP contribution in [0.15, 0.2) is 24.3 Å². The van der Waals surface area contributed by atoms with E-state index in [1.807, 2.05) is 29.2 Å². The van der Waals surface area contributed by atoms with E-state index in [2.05, 4.69) is 10.6 Å². The van der Waals surface area contributed by atoms with Gasteiger partial charge in [0.2, 0.25) is 5.91 Å². The van der Waals surface area contributed by atoms with Crippen LogP contribution in [0.2, 0.25) is 0 Å². The van der Waals surface area contributed by atoms with Crippen molar-refractivity contribution in [3.8, 4) is 0 Å². The largest absolute Gasteiger partial charge is 0.357 e. The molecule has 1 aromatic rings. The summed E-state index contributed by atoms with van der Waals surface area (Å²) in [4.78, 5) is 13.8. The average molecular weight is 343 g/mol. The first-order valence-corrected chi connectivity index (χ1v) is 9.57. The van der Waals surface area contributed by atoms with Gasteiger partial charge in [0.1, 0.15) is 0 Å². The molecule has 1 aromatic carbocycles. The van der Waals surface area contributed by atoms with Crippen LogP contribution in [0, 0.1) is 5.92 Å². The Bertz CT molecular complexity index is 650. The number of carbonyl (C=O) groups excluding carboxylic acids is 1. The molecule has 2 saturated carbocycles. The molecule has 3 fully saturated rings. The van der Waals surface area contributed by atoms with E-state index in [1.54, 1.807) is 0 Å². The Morgan fingerprint density at radius 3 is 2.67 bits per heavy atom. The van der Waals surface area contributed by atoms with Crippen molar-refractivity contribution in [1.82, 2.24) is 5.32 Å². The van der Waals surface area contributed by atoms with Crippen LogP contribution in [0.3, 0.4) is 0 Å². The van der Waals surface area contributed by atoms with E-state index in [1.165, 1.54) is 38.5 Å². The standard InChI is InChI=1S/C19H25N3OS/c23-17-7-4-12-22(17)16-6-3-5-15(13-16)20-18(24)21-19(14-8-9-14)10-1-2-11-19/h3,5-6,13-14H,1-2,4,7-12H2,(H2,20,21,24). The number of anilines is 2. The Hall–Kier alpha value is -1.62. The van der Waals surface area contributed by atoms with E-state index in [-0.39, 0.29) is 11.4 Å². The molecular formula is C19H25N3OS. The quantitative estimate of drug-likeness (QED) is 0.816. The Balaban J connectivity index is 1.43. The van der Waals surface area contributed by atoms with Gasteiger partial charge in [-0.05, 0) is 68.4 Å². The fourth-order valence-corrected chi connectivity index (χ4v) is 4.66. The lowest BCUT2D eigenvalue weighted by atomic mass is 9.91. The summed E-state index contributed by atoms with van der Waals surface area (Å²) in [6.07, 6.45) is 9.35. The maximum absolute atomic E-state index is 11.9. The lowest BCUT2D eigenvalue weighted by molar-refractivity contribution is -0.117. The highest BCUT2D eigenvalue weighted by Crippen LogP contribution is 2.48. The van der Waals surface area contributed by atoms with Gasteiger partial charge >= 0.3 is 0 Å². The molecule has 4 rings (SSSR count). The highest BCUT2D eigenvalue weighted by Gasteiger charge is 2.47. The summed E-state index contributed by atoms with van der Waals surface area (Å²) in [5.74, 6) is 1.01. The van der Waals surface area contributed by atoms with Crippen molar-refractivity contribution in [2.75, 3.05) is 16.8 Å². The number of carbonyl (C=O) groups is 1. The van der Waals surface area contributed by atoms with Crippen molar-refractivity contribution < 1.29 is 4.79 Å². The fourth-order valence-electron chi connectivity index (χ4n) is 4.34. The molecule has 0 atom stereocenters. The monoisotopic (exact) mass is 343 g/mol. The van der Waals surface area contributed by atoms with Crippen LogP contribution in [0.1, 0.15) is 51.4 Å². The second kappa shape index (κ2) is 6.36. The molecule has 1 aliphatic heterocycles. The molecule has 2 aliphatic carbocycles. The molecule has 0 aromatic heterocycles. The Kier molecular flexibility index (Phi) is 4.21. The number of hydrogen-bond acceptors (Lipinski definition) is 2. The Morgan fingerprint density at radius 1 is 1.21 bits per heavy atom. The molecule has 1 saturated heterocycles. The van der Waals surface area contributed by atoms with Crippen LogP contribution in [0.4, 0.5) is 11.4 Å². The Labute approximate surface area is 149 Å². The molecule has 3 aliphatic rings. The van der Waals surface area contributed by atoms with Gasteiger partial charge in [-0.3, -0.25) is 4.79 Å². The highest BCUT2D eigenvalue weighted by atomic mass is 32.1. The molecule has 0 bridgehead atoms. The zero-order valence-corrected chi connectivity index (χ0v) is 14.8. The van der Waals surface area contributed by atoms with E-state index in [9.17, 15) is 4.79 Å². The van der Waals surface area contributed by atoms with Gasteiger partial charge in [0.05, 0.1) is 0 Å². The van der Waals surface area contributed by atoms with E-state index in [0.717, 1.165) is 30.3 Å². The Morgan fingerprint density at radius 2 is 2.00 bits per heavy atom. The topological polar surface area (TPSA) is 44.4 Å². The summed E-state index contributed by atoms with van der Waals surface area (Å²) in [5.41, 5.74) is 2.14. The van der Waals surface area contributed by atoms with Crippen molar-refractivity contribution in [2.45, 2.75) is 56.9 Å². The summed E-state index contributed by atoms with van der Waals surface area (Å²) in [7, 11) is 0. The summed E-state index contributed by atoms with van der Waals surface area (Å²) >= 11 is 5.59. The van der Waals surface area contributed by atoms with Gasteiger partial charge < -0.3 is 15.5 Å². The minimum Gasteiger partial charge on any atom is -0.357 e. The summed E-state index contributed by atoms with van der Waals surface area (Å²) < 4.78 is 0. The first kappa shape index (κ1) is 15.9. The molecule has 0 unspecified atom stereocenters. The summed E-state index contributed by atoms with van der Waals surface area (Å²) in [5, 5.41) is 7.69. The predicted molar refractivity (Wildman–Crippen MR) is 101 cm³/mol. The predicted octanol–water partition coefficient (Wildman–Crippen LogP) is 3.82. The SMILES string of the molecule is O=C1CCCN1c1cccc(NC(=S)NC2(C3CC3)CCCC2)c1. The molecule has 1 amide bonds. The maximum atomic E-state index is 11.9. The lowest BCUT2D eigenvalue weighted by Gasteiger charge is -2.32. The van der Waals surface area contributed by atoms with E-state index in [0.29, 0.717) is 11.5 Å². The number of benzene rings is 1. The van der Waals surface area contributed by atoms with E-state index >= 15 is 0 Å². The third-order valence-electron chi connectivity index (χ3n) is 5.71. The number of thiocarbonyl (C=S) groups is 1. The minimum atomic E-state index is 0.214. The van der Waals surface area contributed by atoms with Crippen LogP contribution in [-0.4, -0.2) is 23.1 Å². The van der Waals surface area contributed by atoms with Gasteiger partial charge in [0.15, 0.2) is 5.11 Å². The smallest absolute Gasteiger partial charge is 0.227 e. The molecule has 0 spiro atoms. The fraction of sp³-hybridized carbons (Fsp3) is 0.579. The maximum Gasteiger partial charge on any atom is 0.227 e. The van der Waals surface area contributed by atoms with Gasteiger partial charge in [-0.2, -0.15) is 0 Å². The van der Waals surface area contributed by atoms with Crippen LogP contribution in [0.5, 0.6) is 0 Å². The van der Waals surface area contributed by atoms with Gasteiger partial charge in [-0.15, -0.1) is 0 Å². The van der Waals surface area contributed by atoms with Crippen molar-refractivity contribution in [3.05, 3.63) is 24.3 Å². The van der Waals surface area contributed by atoms with Crippen molar-refractivity contribution in [3.63, 3.8) is 0 Å². The molecule has 128 valence electrons. The number of hydrogen-bond donors (Lipinski definition) is 2. The van der Waals surface area contributed by atoms with Crippen LogP contribution < -0.4 is 15.5 Å². The van der Waals surface area contributed by atoms with Gasteiger partial charge in [-0.25, -0.2) is 0 Å². The first-order chi connectivity index (χ1) is 11.7. The van der Waals surface area contributed by atoms with E-state index < -0.39 is 0 Å². The molecular weight excluding hydrogens is 318 g/mol. The van der Waals surface area contributed by atoms with Crippen molar-refractivity contribution in [2.24, 2.45) is 5.92 Å². The molecule has 24 heavy (non-hydrogen) atoms. The van der Waals surface area contributed by atoms with E-state index in [4.69, 9.17) is 12.2 Å². The first-order valence-electron chi connectivity index (χ1n) is 9.16. The van der Waals surface area contributed by atoms with Crippen molar-refractivity contribution in [1.29, 1.82) is 0 Å². The molecule has 4 nitrogen and oxygen atoms in total. The normalized spacial score (nSPS) is 22.7. The molecule has 0 radical (unpaired) electrons. The highest BCUT2D eigenvalue weighted by molar-refractivity contribution is 7.80. The minimum absolute atomic E-state index is 0.214. The van der Waals surface area contributed by atoms with Gasteiger partial charge in [-0.1, -0.05) is 18.9 Å². The zero-order chi connectivity index (χ0) is 16.6. The number of nitrogens with zero attached hydrogens (tertiary/aromatic N) is 1. The second-order valence-electron chi connectivity index (χ2n) is 7.42. The second-order valence-corrected chi connectivity index (χ2v) is 7.82. The van der Waals surface area contributed by atoms with Crippen LogP contribution in [0.25, 0.3) is 0 Å². The van der Waals surface area contributed by atoms with Gasteiger partial charge in [0, 0.05) is 29.9 Å². The van der Waals surface area contributed by atoms with Gasteiger partial charge in [0.25, 0.3) is 0 Å². The summed E-state index contributed by atoms with van der Waals surface area (Å²) in [6.45, 7) is 0.815.